The minimum Gasteiger partial charge on any atom is -0.492 e. The molecule has 0 bridgehead atoms. The lowest BCUT2D eigenvalue weighted by Crippen LogP contribution is -2.53. The summed E-state index contributed by atoms with van der Waals surface area (Å²) in [5.74, 6) is -2.58. The molecule has 9 heteroatoms. The van der Waals surface area contributed by atoms with Gasteiger partial charge in [0.2, 0.25) is 11.6 Å². The predicted molar refractivity (Wildman–Crippen MR) is 98.7 cm³/mol. The third-order valence-electron chi connectivity index (χ3n) is 5.90. The molecule has 2 heterocycles. The molecule has 28 heavy (non-hydrogen) atoms. The summed E-state index contributed by atoms with van der Waals surface area (Å²) >= 11 is 0. The van der Waals surface area contributed by atoms with E-state index in [0.29, 0.717) is 25.9 Å². The third kappa shape index (κ3) is 2.64. The number of methoxy groups -OCH3 is 1. The number of halogens is 1. The van der Waals surface area contributed by atoms with Crippen LogP contribution in [0.25, 0.3) is 0 Å². The zero-order valence-electron chi connectivity index (χ0n) is 15.6. The SMILES string of the molecule is COc1c(N2C[C@@H](N)[C@@H](C)C2)c(F)cc2c1N(C(=O)O)C(C1CC1)C(=O)C2=O. The fourth-order valence-corrected chi connectivity index (χ4v) is 4.26. The van der Waals surface area contributed by atoms with Gasteiger partial charge in [0, 0.05) is 19.1 Å². The zero-order valence-corrected chi connectivity index (χ0v) is 15.6. The van der Waals surface area contributed by atoms with Crippen molar-refractivity contribution >= 4 is 29.0 Å². The van der Waals surface area contributed by atoms with Gasteiger partial charge < -0.3 is 20.5 Å². The summed E-state index contributed by atoms with van der Waals surface area (Å²) in [4.78, 5) is 39.9. The van der Waals surface area contributed by atoms with Crippen LogP contribution in [-0.2, 0) is 4.79 Å². The molecule has 2 aliphatic heterocycles. The number of hydrogen-bond donors (Lipinski definition) is 2. The molecular weight excluding hydrogens is 369 g/mol. The fourth-order valence-electron chi connectivity index (χ4n) is 4.26. The molecule has 1 amide bonds. The lowest BCUT2D eigenvalue weighted by molar-refractivity contribution is -0.116. The number of rotatable bonds is 3. The minimum absolute atomic E-state index is 0.0507. The number of nitrogens with two attached hydrogens (primary N) is 1. The molecule has 0 aromatic heterocycles. The molecule has 1 unspecified atom stereocenters. The standard InChI is InChI=1S/C19H22FN3O5/c1-8-6-22(7-12(8)21)15-11(20)5-10-14(18(15)28-2)23(19(26)27)13(9-3-4-9)17(25)16(10)24/h5,8-9,12-13H,3-4,6-7,21H2,1-2H3,(H,26,27)/t8-,12+,13?/m0/s1. The van der Waals surface area contributed by atoms with Crippen molar-refractivity contribution in [1.82, 2.24) is 0 Å². The van der Waals surface area contributed by atoms with Crippen LogP contribution in [0.4, 0.5) is 20.6 Å². The Balaban J connectivity index is 1.94. The Labute approximate surface area is 161 Å². The van der Waals surface area contributed by atoms with Crippen molar-refractivity contribution in [2.24, 2.45) is 17.6 Å². The first kappa shape index (κ1) is 18.7. The Bertz CT molecular complexity index is 875. The van der Waals surface area contributed by atoms with Crippen LogP contribution in [0, 0.1) is 17.7 Å². The van der Waals surface area contributed by atoms with Crippen molar-refractivity contribution in [3.8, 4) is 5.75 Å². The molecule has 1 saturated heterocycles. The summed E-state index contributed by atoms with van der Waals surface area (Å²) in [5, 5.41) is 9.85. The van der Waals surface area contributed by atoms with Crippen LogP contribution in [0.15, 0.2) is 6.07 Å². The Morgan fingerprint density at radius 2 is 1.96 bits per heavy atom. The molecule has 8 nitrogen and oxygen atoms in total. The molecule has 0 spiro atoms. The zero-order chi connectivity index (χ0) is 20.3. The van der Waals surface area contributed by atoms with E-state index < -0.39 is 29.5 Å². The number of hydrogen-bond acceptors (Lipinski definition) is 6. The number of carbonyl (C=O) groups excluding carboxylic acids is 2. The summed E-state index contributed by atoms with van der Waals surface area (Å²) < 4.78 is 20.5. The Hall–Kier alpha value is -2.68. The van der Waals surface area contributed by atoms with Gasteiger partial charge in [-0.15, -0.1) is 0 Å². The molecule has 1 aromatic carbocycles. The maximum absolute atomic E-state index is 15.0. The van der Waals surface area contributed by atoms with E-state index in [4.69, 9.17) is 10.5 Å². The van der Waals surface area contributed by atoms with Gasteiger partial charge in [-0.1, -0.05) is 6.92 Å². The maximum atomic E-state index is 15.0. The van der Waals surface area contributed by atoms with Gasteiger partial charge in [0.05, 0.1) is 12.7 Å². The van der Waals surface area contributed by atoms with Crippen LogP contribution >= 0.6 is 0 Å². The number of nitrogens with zero attached hydrogens (tertiary/aromatic N) is 2. The summed E-state index contributed by atoms with van der Waals surface area (Å²) in [5.41, 5.74) is 5.80. The second-order valence-electron chi connectivity index (χ2n) is 7.81. The summed E-state index contributed by atoms with van der Waals surface area (Å²) in [6.07, 6.45) is -0.0451. The number of Topliss-reactive ketones (excluding diaryl/α,β-unsaturated/α-hetero) is 2. The summed E-state index contributed by atoms with van der Waals surface area (Å²) in [6.45, 7) is 2.79. The quantitative estimate of drug-likeness (QED) is 0.753. The molecule has 3 atom stereocenters. The van der Waals surface area contributed by atoms with Gasteiger partial charge in [0.15, 0.2) is 11.6 Å². The van der Waals surface area contributed by atoms with E-state index in [1.807, 2.05) is 6.92 Å². The lowest BCUT2D eigenvalue weighted by atomic mass is 9.89. The van der Waals surface area contributed by atoms with E-state index in [0.717, 1.165) is 11.0 Å². The number of ether oxygens (including phenoxy) is 1. The van der Waals surface area contributed by atoms with E-state index >= 15 is 4.39 Å². The fraction of sp³-hybridized carbons (Fsp3) is 0.526. The number of ketones is 2. The smallest absolute Gasteiger partial charge is 0.412 e. The monoisotopic (exact) mass is 391 g/mol. The van der Waals surface area contributed by atoms with E-state index in [9.17, 15) is 19.5 Å². The van der Waals surface area contributed by atoms with Crippen LogP contribution in [0.2, 0.25) is 0 Å². The number of anilines is 2. The third-order valence-corrected chi connectivity index (χ3v) is 5.90. The molecule has 1 aromatic rings. The van der Waals surface area contributed by atoms with Gasteiger partial charge >= 0.3 is 6.09 Å². The Kier molecular flexibility index (Phi) is 4.29. The van der Waals surface area contributed by atoms with E-state index in [1.165, 1.54) is 7.11 Å². The molecule has 1 saturated carbocycles. The average Bonchev–Trinajstić information content (AvgIpc) is 3.42. The molecule has 0 radical (unpaired) electrons. The molecular formula is C19H22FN3O5. The predicted octanol–water partition coefficient (Wildman–Crippen LogP) is 1.65. The van der Waals surface area contributed by atoms with Gasteiger partial charge in [0.1, 0.15) is 17.4 Å². The molecule has 4 rings (SSSR count). The molecule has 2 fully saturated rings. The van der Waals surface area contributed by atoms with Gasteiger partial charge in [-0.05, 0) is 30.7 Å². The topological polar surface area (TPSA) is 113 Å². The molecule has 1 aliphatic carbocycles. The Morgan fingerprint density at radius 3 is 2.46 bits per heavy atom. The van der Waals surface area contributed by atoms with E-state index in [1.54, 1.807) is 4.90 Å². The minimum atomic E-state index is -1.37. The Morgan fingerprint density at radius 1 is 1.29 bits per heavy atom. The normalized spacial score (nSPS) is 27.2. The first-order valence-corrected chi connectivity index (χ1v) is 9.28. The van der Waals surface area contributed by atoms with Crippen LogP contribution in [0.5, 0.6) is 5.75 Å². The highest BCUT2D eigenvalue weighted by Gasteiger charge is 2.51. The van der Waals surface area contributed by atoms with Crippen LogP contribution < -0.4 is 20.3 Å². The van der Waals surface area contributed by atoms with Crippen molar-refractivity contribution < 1.29 is 28.6 Å². The van der Waals surface area contributed by atoms with Gasteiger partial charge in [0.25, 0.3) is 0 Å². The second-order valence-corrected chi connectivity index (χ2v) is 7.81. The number of benzene rings is 1. The summed E-state index contributed by atoms with van der Waals surface area (Å²) in [7, 11) is 1.30. The van der Waals surface area contributed by atoms with Crippen LogP contribution in [-0.4, -0.2) is 55.0 Å². The van der Waals surface area contributed by atoms with Crippen molar-refractivity contribution in [1.29, 1.82) is 0 Å². The number of carboxylic acid groups (broad SMARTS) is 1. The first-order chi connectivity index (χ1) is 13.3. The molecule has 3 aliphatic rings. The van der Waals surface area contributed by atoms with Gasteiger partial charge in [-0.3, -0.25) is 14.5 Å². The van der Waals surface area contributed by atoms with Crippen molar-refractivity contribution in [2.75, 3.05) is 30.0 Å². The average molecular weight is 391 g/mol. The highest BCUT2D eigenvalue weighted by atomic mass is 19.1. The highest BCUT2D eigenvalue weighted by Crippen LogP contribution is 2.49. The van der Waals surface area contributed by atoms with Crippen LogP contribution in [0.1, 0.15) is 30.1 Å². The van der Waals surface area contributed by atoms with E-state index in [-0.39, 0.29) is 40.6 Å². The van der Waals surface area contributed by atoms with Crippen molar-refractivity contribution in [3.05, 3.63) is 17.4 Å². The number of amides is 1. The van der Waals surface area contributed by atoms with Gasteiger partial charge in [-0.2, -0.15) is 0 Å². The summed E-state index contributed by atoms with van der Waals surface area (Å²) in [6, 6.07) is -0.316. The van der Waals surface area contributed by atoms with Crippen LogP contribution in [0.3, 0.4) is 0 Å². The molecule has 150 valence electrons. The number of fused-ring (bicyclic) bond motifs is 1. The van der Waals surface area contributed by atoms with Gasteiger partial charge in [-0.25, -0.2) is 9.18 Å². The maximum Gasteiger partial charge on any atom is 0.412 e. The van der Waals surface area contributed by atoms with Crippen molar-refractivity contribution in [2.45, 2.75) is 31.8 Å². The van der Waals surface area contributed by atoms with E-state index in [2.05, 4.69) is 0 Å². The number of carbonyl (C=O) groups is 3. The highest BCUT2D eigenvalue weighted by molar-refractivity contribution is 6.49. The van der Waals surface area contributed by atoms with Crippen molar-refractivity contribution in [3.63, 3.8) is 0 Å². The lowest BCUT2D eigenvalue weighted by Gasteiger charge is -2.36. The molecule has 3 N–H and O–H groups in total. The second kappa shape index (κ2) is 6.44. The largest absolute Gasteiger partial charge is 0.492 e. The first-order valence-electron chi connectivity index (χ1n) is 9.28.